The molecule has 14 aromatic carbocycles. The molecule has 0 atom stereocenters. The van der Waals surface area contributed by atoms with Gasteiger partial charge < -0.3 is 19.6 Å². The Morgan fingerprint density at radius 2 is 0.398 bits per heavy atom. The predicted octanol–water partition coefficient (Wildman–Crippen LogP) is 24.3. The van der Waals surface area contributed by atoms with Gasteiger partial charge in [0.25, 0.3) is 0 Å². The van der Waals surface area contributed by atoms with E-state index in [4.69, 9.17) is 0 Å². The monoisotopic (exact) mass is 1190 g/mol. The SMILES string of the molecule is Cc1ccc2c(c1)C(Cc1ccc(N(c3ccccc3)c3ccc(-c4ccc(N(c5ccccc5)c5ccccc5)cc4)cc3)cc1)(Cc1ccc(N(c3ccccc3)c3ccc(-c4ccc(N(c5ccccc5)c5ccccc5)cc4)cc3)cc1)c1cc(C)ccc1-2. The average molecular weight is 1200 g/mol. The molecule has 15 rings (SSSR count). The van der Waals surface area contributed by atoms with Crippen molar-refractivity contribution in [2.75, 3.05) is 19.6 Å². The third kappa shape index (κ3) is 11.8. The number of para-hydroxylation sites is 6. The molecule has 446 valence electrons. The average Bonchev–Trinajstić information content (AvgIpc) is 1.57. The molecule has 93 heavy (non-hydrogen) atoms. The van der Waals surface area contributed by atoms with Gasteiger partial charge in [-0.25, -0.2) is 0 Å². The van der Waals surface area contributed by atoms with Crippen LogP contribution < -0.4 is 19.6 Å². The minimum Gasteiger partial charge on any atom is -0.311 e. The van der Waals surface area contributed by atoms with Crippen molar-refractivity contribution in [1.82, 2.24) is 0 Å². The fraction of sp³-hybridized carbons (Fsp3) is 0.0562. The Hall–Kier alpha value is -11.7. The summed E-state index contributed by atoms with van der Waals surface area (Å²) in [5, 5.41) is 0. The van der Waals surface area contributed by atoms with E-state index < -0.39 is 0 Å². The Morgan fingerprint density at radius 3 is 0.613 bits per heavy atom. The summed E-state index contributed by atoms with van der Waals surface area (Å²) >= 11 is 0. The molecule has 0 N–H and O–H groups in total. The Morgan fingerprint density at radius 1 is 0.204 bits per heavy atom. The molecule has 0 aliphatic heterocycles. The fourth-order valence-electron chi connectivity index (χ4n) is 13.9. The van der Waals surface area contributed by atoms with Gasteiger partial charge >= 0.3 is 0 Å². The molecule has 0 radical (unpaired) electrons. The second-order valence-electron chi connectivity index (χ2n) is 24.4. The van der Waals surface area contributed by atoms with Crippen molar-refractivity contribution in [1.29, 1.82) is 0 Å². The number of anilines is 12. The van der Waals surface area contributed by atoms with Crippen LogP contribution in [0.3, 0.4) is 0 Å². The lowest BCUT2D eigenvalue weighted by molar-refractivity contribution is 0.519. The standard InChI is InChI=1S/C89H70N4/c1-65-33-59-85-86-60-34-66(2)62-88(86)89(87(85)61-65,63-67-35-47-79(48-36-67)92(77-29-17-7-18-30-77)83-55-43-71(44-56-83)69-39-51-81(52-40-69)90(73-21-9-3-10-22-73)74-23-11-4-12-24-74)64-68-37-49-80(50-38-68)93(78-31-19-8-20-32-78)84-57-45-72(46-58-84)70-41-53-82(54-42-70)91(75-25-13-5-14-26-75)76-27-15-6-16-28-76/h3-62H,63-64H2,1-2H3. The van der Waals surface area contributed by atoms with E-state index in [9.17, 15) is 0 Å². The lowest BCUT2D eigenvalue weighted by Gasteiger charge is -2.34. The lowest BCUT2D eigenvalue weighted by atomic mass is 9.69. The van der Waals surface area contributed by atoms with Crippen LogP contribution in [0, 0.1) is 13.8 Å². The van der Waals surface area contributed by atoms with Crippen molar-refractivity contribution in [3.8, 4) is 33.4 Å². The largest absolute Gasteiger partial charge is 0.311 e. The maximum absolute atomic E-state index is 2.46. The fourth-order valence-corrected chi connectivity index (χ4v) is 13.9. The molecule has 1 aliphatic carbocycles. The van der Waals surface area contributed by atoms with E-state index in [0.29, 0.717) is 0 Å². The quantitative estimate of drug-likeness (QED) is 0.0849. The predicted molar refractivity (Wildman–Crippen MR) is 392 cm³/mol. The van der Waals surface area contributed by atoms with Gasteiger partial charge in [0.1, 0.15) is 0 Å². The van der Waals surface area contributed by atoms with Gasteiger partial charge in [-0.05, 0) is 228 Å². The van der Waals surface area contributed by atoms with Gasteiger partial charge in [-0.15, -0.1) is 0 Å². The Bertz CT molecular complexity index is 4400. The minimum atomic E-state index is -0.338. The normalized spacial score (nSPS) is 11.9. The molecular formula is C89H70N4. The molecule has 0 saturated carbocycles. The van der Waals surface area contributed by atoms with Gasteiger partial charge in [0, 0.05) is 73.7 Å². The zero-order valence-electron chi connectivity index (χ0n) is 52.3. The van der Waals surface area contributed by atoms with Gasteiger partial charge in [-0.1, -0.05) is 230 Å². The zero-order chi connectivity index (χ0) is 62.5. The van der Waals surface area contributed by atoms with Crippen LogP contribution in [0.15, 0.2) is 364 Å². The molecule has 4 nitrogen and oxygen atoms in total. The molecule has 0 heterocycles. The second-order valence-corrected chi connectivity index (χ2v) is 24.4. The van der Waals surface area contributed by atoms with E-state index in [0.717, 1.165) is 103 Å². The van der Waals surface area contributed by atoms with Crippen LogP contribution in [-0.4, -0.2) is 0 Å². The molecule has 0 fully saturated rings. The molecule has 0 unspecified atom stereocenters. The molecule has 0 amide bonds. The van der Waals surface area contributed by atoms with E-state index in [-0.39, 0.29) is 5.41 Å². The molecule has 0 spiro atoms. The highest BCUT2D eigenvalue weighted by Gasteiger charge is 2.43. The van der Waals surface area contributed by atoms with Crippen LogP contribution in [0.5, 0.6) is 0 Å². The van der Waals surface area contributed by atoms with E-state index in [2.05, 4.69) is 397 Å². The third-order valence-electron chi connectivity index (χ3n) is 18.3. The first kappa shape index (κ1) is 57.7. The smallest absolute Gasteiger partial charge is 0.0462 e. The number of hydrogen-bond acceptors (Lipinski definition) is 4. The van der Waals surface area contributed by atoms with Crippen LogP contribution in [0.4, 0.5) is 68.2 Å². The number of aryl methyl sites for hydroxylation is 2. The van der Waals surface area contributed by atoms with Crippen molar-refractivity contribution in [3.05, 3.63) is 397 Å². The van der Waals surface area contributed by atoms with Crippen molar-refractivity contribution in [2.24, 2.45) is 0 Å². The third-order valence-corrected chi connectivity index (χ3v) is 18.3. The topological polar surface area (TPSA) is 13.0 Å². The summed E-state index contributed by atoms with van der Waals surface area (Å²) in [7, 11) is 0. The van der Waals surface area contributed by atoms with Gasteiger partial charge in [-0.2, -0.15) is 0 Å². The van der Waals surface area contributed by atoms with Gasteiger partial charge in [0.05, 0.1) is 0 Å². The molecule has 1 aliphatic rings. The first-order valence-corrected chi connectivity index (χ1v) is 32.2. The van der Waals surface area contributed by atoms with Crippen LogP contribution in [0.2, 0.25) is 0 Å². The summed E-state index contributed by atoms with van der Waals surface area (Å²) in [6.45, 7) is 4.48. The van der Waals surface area contributed by atoms with E-state index in [1.165, 1.54) is 44.5 Å². The van der Waals surface area contributed by atoms with E-state index >= 15 is 0 Å². The van der Waals surface area contributed by atoms with Crippen molar-refractivity contribution in [3.63, 3.8) is 0 Å². The van der Waals surface area contributed by atoms with Crippen LogP contribution in [0.25, 0.3) is 33.4 Å². The highest BCUT2D eigenvalue weighted by atomic mass is 15.2. The highest BCUT2D eigenvalue weighted by molar-refractivity contribution is 5.86. The summed E-state index contributed by atoms with van der Waals surface area (Å²) in [6.07, 6.45) is 1.66. The number of fused-ring (bicyclic) bond motifs is 3. The number of benzene rings is 14. The maximum atomic E-state index is 2.46. The van der Waals surface area contributed by atoms with Gasteiger partial charge in [-0.3, -0.25) is 0 Å². The first-order valence-electron chi connectivity index (χ1n) is 32.2. The summed E-state index contributed by atoms with van der Waals surface area (Å²) in [5.41, 5.74) is 28.2. The lowest BCUT2D eigenvalue weighted by Crippen LogP contribution is -2.31. The Kier molecular flexibility index (Phi) is 15.9. The summed E-state index contributed by atoms with van der Waals surface area (Å²) in [6, 6.07) is 133. The number of nitrogens with zero attached hydrogens (tertiary/aromatic N) is 4. The van der Waals surface area contributed by atoms with Crippen molar-refractivity contribution >= 4 is 68.2 Å². The van der Waals surface area contributed by atoms with Gasteiger partial charge in [0.2, 0.25) is 0 Å². The minimum absolute atomic E-state index is 0.338. The van der Waals surface area contributed by atoms with Crippen LogP contribution in [-0.2, 0) is 18.3 Å². The van der Waals surface area contributed by atoms with Crippen LogP contribution >= 0.6 is 0 Å². The summed E-state index contributed by atoms with van der Waals surface area (Å²) in [4.78, 5) is 9.35. The van der Waals surface area contributed by atoms with Gasteiger partial charge in [0.15, 0.2) is 0 Å². The molecule has 14 aromatic rings. The van der Waals surface area contributed by atoms with Crippen molar-refractivity contribution in [2.45, 2.75) is 32.1 Å². The molecule has 0 bridgehead atoms. The summed E-state index contributed by atoms with van der Waals surface area (Å²) < 4.78 is 0. The maximum Gasteiger partial charge on any atom is 0.0462 e. The number of rotatable bonds is 18. The Balaban J connectivity index is 0.719. The highest BCUT2D eigenvalue weighted by Crippen LogP contribution is 2.54. The zero-order valence-corrected chi connectivity index (χ0v) is 52.3. The number of hydrogen-bond donors (Lipinski definition) is 0. The second kappa shape index (κ2) is 25.6. The summed E-state index contributed by atoms with van der Waals surface area (Å²) in [5.74, 6) is 0. The first-order chi connectivity index (χ1) is 45.9. The van der Waals surface area contributed by atoms with Crippen molar-refractivity contribution < 1.29 is 0 Å². The molecule has 0 aromatic heterocycles. The molecule has 0 saturated heterocycles. The van der Waals surface area contributed by atoms with Crippen LogP contribution in [0.1, 0.15) is 33.4 Å². The molecular weight excluding hydrogens is 1130 g/mol. The van der Waals surface area contributed by atoms with E-state index in [1.807, 2.05) is 0 Å². The van der Waals surface area contributed by atoms with E-state index in [1.54, 1.807) is 0 Å². The Labute approximate surface area is 547 Å². The molecule has 4 heteroatoms.